The van der Waals surface area contributed by atoms with Gasteiger partial charge in [0.25, 0.3) is 0 Å². The Hall–Kier alpha value is -1.86. The van der Waals surface area contributed by atoms with Crippen molar-refractivity contribution in [2.45, 2.75) is 6.04 Å². The molecular weight excluding hydrogens is 350 g/mol. The number of carboxylic acid groups (broad SMARTS) is 1. The predicted molar refractivity (Wildman–Crippen MR) is 85.6 cm³/mol. The van der Waals surface area contributed by atoms with E-state index in [0.29, 0.717) is 26.2 Å². The van der Waals surface area contributed by atoms with Gasteiger partial charge in [0.2, 0.25) is 6.41 Å². The normalized spacial score (nSPS) is 17.6. The first kappa shape index (κ1) is 15.1. The van der Waals surface area contributed by atoms with Crippen LogP contribution in [0.1, 0.15) is 11.6 Å². The monoisotopic (exact) mass is 365 g/mol. The lowest BCUT2D eigenvalue weighted by Crippen LogP contribution is -2.48. The fraction of sp³-hybridized carbons (Fsp3) is 0.333. The summed E-state index contributed by atoms with van der Waals surface area (Å²) < 4.78 is 0.913. The molecule has 0 spiro atoms. The second-order valence-electron chi connectivity index (χ2n) is 5.35. The number of amides is 1. The molecule has 116 valence electrons. The van der Waals surface area contributed by atoms with Crippen molar-refractivity contribution < 1.29 is 14.7 Å². The number of carboxylic acids is 1. The zero-order valence-electron chi connectivity index (χ0n) is 11.8. The van der Waals surface area contributed by atoms with Gasteiger partial charge in [0.15, 0.2) is 0 Å². The van der Waals surface area contributed by atoms with Crippen LogP contribution in [0.25, 0.3) is 10.9 Å². The van der Waals surface area contributed by atoms with Crippen LogP contribution in [0.4, 0.5) is 0 Å². The van der Waals surface area contributed by atoms with Crippen molar-refractivity contribution in [2.24, 2.45) is 0 Å². The van der Waals surface area contributed by atoms with Crippen LogP contribution >= 0.6 is 15.9 Å². The molecule has 1 aromatic carbocycles. The topological polar surface area (TPSA) is 76.6 Å². The van der Waals surface area contributed by atoms with E-state index in [2.05, 4.69) is 20.9 Å². The Morgan fingerprint density at radius 2 is 2.05 bits per heavy atom. The van der Waals surface area contributed by atoms with E-state index in [1.165, 1.54) is 0 Å². The summed E-state index contributed by atoms with van der Waals surface area (Å²) in [6, 6.07) is 5.06. The van der Waals surface area contributed by atoms with Crippen molar-refractivity contribution in [1.82, 2.24) is 14.8 Å². The van der Waals surface area contributed by atoms with Crippen molar-refractivity contribution in [3.63, 3.8) is 0 Å². The van der Waals surface area contributed by atoms with Crippen LogP contribution in [0.5, 0.6) is 0 Å². The van der Waals surface area contributed by atoms with Crippen LogP contribution in [0, 0.1) is 0 Å². The quantitative estimate of drug-likeness (QED) is 0.810. The minimum absolute atomic E-state index is 0.552. The number of hydrogen-bond acceptors (Lipinski definition) is 3. The predicted octanol–water partition coefficient (Wildman–Crippen LogP) is 1.83. The number of H-pyrrole nitrogens is 1. The van der Waals surface area contributed by atoms with Crippen molar-refractivity contribution in [2.75, 3.05) is 26.2 Å². The maximum atomic E-state index is 11.8. The van der Waals surface area contributed by atoms with Crippen LogP contribution < -0.4 is 0 Å². The molecule has 0 bridgehead atoms. The van der Waals surface area contributed by atoms with Crippen LogP contribution in [0.15, 0.2) is 28.9 Å². The van der Waals surface area contributed by atoms with E-state index in [1.54, 1.807) is 11.1 Å². The third-order valence-electron chi connectivity index (χ3n) is 4.07. The number of carbonyl (C=O) groups excluding carboxylic acids is 1. The number of rotatable bonds is 4. The van der Waals surface area contributed by atoms with Crippen molar-refractivity contribution in [3.05, 3.63) is 34.4 Å². The lowest BCUT2D eigenvalue weighted by molar-refractivity contribution is -0.144. The highest BCUT2D eigenvalue weighted by molar-refractivity contribution is 9.10. The van der Waals surface area contributed by atoms with E-state index in [9.17, 15) is 14.7 Å². The van der Waals surface area contributed by atoms with Crippen LogP contribution in [-0.2, 0) is 9.59 Å². The molecule has 6 nitrogen and oxygen atoms in total. The summed E-state index contributed by atoms with van der Waals surface area (Å²) in [5.41, 5.74) is 1.67. The molecule has 22 heavy (non-hydrogen) atoms. The molecule has 0 aliphatic carbocycles. The number of fused-ring (bicyclic) bond motifs is 1. The van der Waals surface area contributed by atoms with Gasteiger partial charge in [-0.05, 0) is 18.2 Å². The zero-order chi connectivity index (χ0) is 15.7. The lowest BCUT2D eigenvalue weighted by Gasteiger charge is -2.36. The summed E-state index contributed by atoms with van der Waals surface area (Å²) in [5, 5.41) is 10.6. The second kappa shape index (κ2) is 6.10. The first-order valence-electron chi connectivity index (χ1n) is 7.03. The maximum Gasteiger partial charge on any atom is 0.325 e. The van der Waals surface area contributed by atoms with Gasteiger partial charge < -0.3 is 15.0 Å². The molecule has 2 aromatic rings. The van der Waals surface area contributed by atoms with Crippen molar-refractivity contribution >= 4 is 39.2 Å². The van der Waals surface area contributed by atoms with E-state index in [-0.39, 0.29) is 0 Å². The van der Waals surface area contributed by atoms with E-state index in [4.69, 9.17) is 0 Å². The largest absolute Gasteiger partial charge is 0.480 e. The first-order chi connectivity index (χ1) is 10.6. The molecule has 0 radical (unpaired) electrons. The van der Waals surface area contributed by atoms with Crippen molar-refractivity contribution in [3.8, 4) is 0 Å². The van der Waals surface area contributed by atoms with Gasteiger partial charge in [0, 0.05) is 53.3 Å². The number of halogens is 1. The molecule has 1 aromatic heterocycles. The van der Waals surface area contributed by atoms with Gasteiger partial charge in [-0.15, -0.1) is 0 Å². The van der Waals surface area contributed by atoms with E-state index >= 15 is 0 Å². The average Bonchev–Trinajstić information content (AvgIpc) is 2.91. The van der Waals surface area contributed by atoms with Gasteiger partial charge in [0.1, 0.15) is 6.04 Å². The number of aromatic nitrogens is 1. The summed E-state index contributed by atoms with van der Waals surface area (Å²) in [4.78, 5) is 29.3. The molecular formula is C15H16BrN3O3. The fourth-order valence-electron chi connectivity index (χ4n) is 2.93. The number of piperazine rings is 1. The van der Waals surface area contributed by atoms with Crippen LogP contribution in [-0.4, -0.2) is 58.4 Å². The lowest BCUT2D eigenvalue weighted by atomic mass is 10.0. The highest BCUT2D eigenvalue weighted by Crippen LogP contribution is 2.31. The summed E-state index contributed by atoms with van der Waals surface area (Å²) in [6.45, 7) is 2.21. The minimum atomic E-state index is -0.875. The number of hydrogen-bond donors (Lipinski definition) is 2. The van der Waals surface area contributed by atoms with Crippen LogP contribution in [0.3, 0.4) is 0 Å². The van der Waals surface area contributed by atoms with Crippen LogP contribution in [0.2, 0.25) is 0 Å². The summed E-state index contributed by atoms with van der Waals surface area (Å²) in [5.74, 6) is -0.875. The first-order valence-corrected chi connectivity index (χ1v) is 7.82. The average molecular weight is 366 g/mol. The van der Waals surface area contributed by atoms with E-state index in [1.807, 2.05) is 23.1 Å². The van der Waals surface area contributed by atoms with Gasteiger partial charge in [-0.1, -0.05) is 15.9 Å². The number of aromatic amines is 1. The number of nitrogens with one attached hydrogen (secondary N) is 1. The summed E-state index contributed by atoms with van der Waals surface area (Å²) in [7, 11) is 0. The zero-order valence-corrected chi connectivity index (χ0v) is 13.4. The second-order valence-corrected chi connectivity index (χ2v) is 6.27. The molecule has 1 unspecified atom stereocenters. The Kier molecular flexibility index (Phi) is 4.17. The summed E-state index contributed by atoms with van der Waals surface area (Å²) in [6.07, 6.45) is 2.58. The van der Waals surface area contributed by atoms with Gasteiger partial charge in [-0.2, -0.15) is 0 Å². The number of nitrogens with zero attached hydrogens (tertiary/aromatic N) is 2. The number of benzene rings is 1. The number of carbonyl (C=O) groups is 2. The van der Waals surface area contributed by atoms with Gasteiger partial charge in [-0.25, -0.2) is 0 Å². The van der Waals surface area contributed by atoms with Gasteiger partial charge in [-0.3, -0.25) is 14.5 Å². The van der Waals surface area contributed by atoms with Crippen molar-refractivity contribution in [1.29, 1.82) is 0 Å². The molecule has 1 fully saturated rings. The smallest absolute Gasteiger partial charge is 0.325 e. The minimum Gasteiger partial charge on any atom is -0.480 e. The molecule has 1 aliphatic rings. The Morgan fingerprint density at radius 3 is 2.68 bits per heavy atom. The highest BCUT2D eigenvalue weighted by atomic mass is 79.9. The van der Waals surface area contributed by atoms with Gasteiger partial charge in [0.05, 0.1) is 0 Å². The molecule has 1 saturated heterocycles. The Morgan fingerprint density at radius 1 is 1.32 bits per heavy atom. The molecule has 3 rings (SSSR count). The molecule has 1 aliphatic heterocycles. The molecule has 7 heteroatoms. The molecule has 2 N–H and O–H groups in total. The van der Waals surface area contributed by atoms with E-state index < -0.39 is 12.0 Å². The molecule has 1 amide bonds. The maximum absolute atomic E-state index is 11.8. The number of aliphatic carboxylic acids is 1. The molecule has 2 heterocycles. The Labute approximate surface area is 135 Å². The summed E-state index contributed by atoms with van der Waals surface area (Å²) >= 11 is 3.43. The highest BCUT2D eigenvalue weighted by Gasteiger charge is 2.31. The molecule has 1 atom stereocenters. The Bertz CT molecular complexity index is 707. The SMILES string of the molecule is O=CN1CCN(C(C(=O)O)c2c[nH]c3ccc(Br)cc23)CC1. The van der Waals surface area contributed by atoms with Gasteiger partial charge >= 0.3 is 5.97 Å². The third-order valence-corrected chi connectivity index (χ3v) is 4.56. The Balaban J connectivity index is 1.95. The standard InChI is InChI=1S/C15H16BrN3O3/c16-10-1-2-13-11(7-10)12(8-17-13)14(15(21)22)19-5-3-18(9-20)4-6-19/h1-2,7-9,14,17H,3-6H2,(H,21,22). The third kappa shape index (κ3) is 2.74. The van der Waals surface area contributed by atoms with E-state index in [0.717, 1.165) is 27.3 Å². The molecule has 0 saturated carbocycles. The fourth-order valence-corrected chi connectivity index (χ4v) is 3.29.